The Hall–Kier alpha value is -8.72. The second-order valence-electron chi connectivity index (χ2n) is 26.8. The molecule has 25 heteroatoms. The van der Waals surface area contributed by atoms with Crippen LogP contribution < -0.4 is 36.2 Å². The average Bonchev–Trinajstić information content (AvgIpc) is 1.60. The molecular weight excluding hydrogens is 1360 g/mol. The highest BCUT2D eigenvalue weighted by Gasteiger charge is 2.45. The molecule has 548 valence electrons. The molecule has 8 rings (SSSR count). The van der Waals surface area contributed by atoms with Gasteiger partial charge in [0.15, 0.2) is 5.71 Å². The van der Waals surface area contributed by atoms with Gasteiger partial charge in [-0.2, -0.15) is 21.4 Å². The lowest BCUT2D eigenvalue weighted by atomic mass is 9.77. The largest absolute Gasteiger partial charge is 0.457 e. The van der Waals surface area contributed by atoms with Gasteiger partial charge in [-0.1, -0.05) is 129 Å². The third kappa shape index (κ3) is 23.1. The van der Waals surface area contributed by atoms with Crippen LogP contribution in [0.15, 0.2) is 185 Å². The smallest absolute Gasteiger partial charge is 0.408 e. The van der Waals surface area contributed by atoms with E-state index in [1.807, 2.05) is 120 Å². The number of carbonyl (C=O) groups is 5. The molecule has 1 aliphatic carbocycles. The third-order valence-corrected chi connectivity index (χ3v) is 21.2. The van der Waals surface area contributed by atoms with E-state index in [0.717, 1.165) is 81.9 Å². The standard InChI is InChI=1S/C77H97N7O15S3/c1-6-7-8-15-37-70(85)78-48-21-20-34-64(81-74(88)65(53-56-26-11-9-12-27-56)82-75(89)98-54-57-28-13-10-14-29-57)73(87)80-55-79-71(86)38-23-47-77(4)63-33-17-19-36-67(63)84(50-25-52-101(92,93)94)69(77)46-40-59-31-22-30-58(72(59)99-60-41-43-61(44-42-60)102(95,96)97)39-45-68-76(2,3)62-32-16-18-35-66(62)83(68)49-24-51-100(5,90)91/h9-14,16-19,26-29,32-33,35-36,39-46,64-65H,5-8,15,20-25,30-31,34,37-38,47-55H2,1-4H3,(H7-,78,79,80,81,82,85,86,87,88,89,90,91,92,93,94,95,96,97)/p+1. The maximum Gasteiger partial charge on any atom is 0.408 e. The molecule has 0 saturated carbocycles. The van der Waals surface area contributed by atoms with Crippen molar-refractivity contribution in [2.24, 2.45) is 0 Å². The van der Waals surface area contributed by atoms with Gasteiger partial charge in [0, 0.05) is 79.0 Å². The molecule has 5 amide bonds. The van der Waals surface area contributed by atoms with Gasteiger partial charge in [-0.3, -0.25) is 28.3 Å². The van der Waals surface area contributed by atoms with Gasteiger partial charge in [0.25, 0.3) is 20.2 Å². The molecule has 5 aromatic rings. The minimum absolute atomic E-state index is 0.0126. The number of ether oxygens (including phenoxy) is 2. The molecule has 0 saturated heterocycles. The molecule has 0 spiro atoms. The van der Waals surface area contributed by atoms with E-state index < -0.39 is 76.6 Å². The molecule has 8 N–H and O–H groups in total. The van der Waals surface area contributed by atoms with E-state index >= 15 is 0 Å². The first kappa shape index (κ1) is 79.0. The normalized spacial score (nSPS) is 17.7. The minimum Gasteiger partial charge on any atom is -0.457 e. The molecule has 5 aromatic carbocycles. The minimum atomic E-state index is -4.53. The van der Waals surface area contributed by atoms with Gasteiger partial charge < -0.3 is 45.5 Å². The van der Waals surface area contributed by atoms with Crippen molar-refractivity contribution in [2.75, 3.05) is 42.7 Å². The summed E-state index contributed by atoms with van der Waals surface area (Å²) in [4.78, 5) is 69.9. The number of rotatable bonds is 38. The Kier molecular flexibility index (Phi) is 28.6. The number of hydrogen-bond donors (Lipinski definition) is 8. The number of carbonyl (C=O) groups excluding carboxylic acids is 5. The molecule has 0 aromatic heterocycles. The lowest BCUT2D eigenvalue weighted by molar-refractivity contribution is -0.437. The zero-order chi connectivity index (χ0) is 73.5. The maximum absolute atomic E-state index is 14.3. The van der Waals surface area contributed by atoms with Crippen LogP contribution in [0.3, 0.4) is 0 Å². The van der Waals surface area contributed by atoms with Gasteiger partial charge in [-0.05, 0) is 161 Å². The van der Waals surface area contributed by atoms with Crippen LogP contribution >= 0.6 is 0 Å². The first-order valence-electron chi connectivity index (χ1n) is 35.0. The molecule has 102 heavy (non-hydrogen) atoms. The van der Waals surface area contributed by atoms with Crippen molar-refractivity contribution in [3.05, 3.63) is 203 Å². The Bertz CT molecular complexity index is 4270. The Labute approximate surface area is 600 Å². The van der Waals surface area contributed by atoms with Crippen molar-refractivity contribution < 1.29 is 72.7 Å². The first-order chi connectivity index (χ1) is 48.6. The summed E-state index contributed by atoms with van der Waals surface area (Å²) in [6, 6.07) is 37.1. The summed E-state index contributed by atoms with van der Waals surface area (Å²) in [5.74, 6) is 2.08. The van der Waals surface area contributed by atoms with Gasteiger partial charge in [-0.25, -0.2) is 9.00 Å². The van der Waals surface area contributed by atoms with Gasteiger partial charge in [-0.15, -0.1) is 0 Å². The van der Waals surface area contributed by atoms with Crippen LogP contribution in [0.1, 0.15) is 153 Å². The summed E-state index contributed by atoms with van der Waals surface area (Å²) in [6.07, 6.45) is 15.7. The number of benzene rings is 5. The summed E-state index contributed by atoms with van der Waals surface area (Å²) < 4.78 is 105. The number of hydrogen-bond acceptors (Lipinski definition) is 13. The molecule has 2 aliphatic heterocycles. The van der Waals surface area contributed by atoms with Crippen LogP contribution in [0, 0.1) is 0 Å². The van der Waals surface area contributed by atoms with Gasteiger partial charge in [0.1, 0.15) is 36.7 Å². The third-order valence-electron chi connectivity index (χ3n) is 18.6. The van der Waals surface area contributed by atoms with Crippen molar-refractivity contribution in [1.82, 2.24) is 26.6 Å². The van der Waals surface area contributed by atoms with E-state index in [-0.39, 0.29) is 68.0 Å². The number of alkyl carbamates (subject to hydrolysis) is 1. The van der Waals surface area contributed by atoms with Crippen molar-refractivity contribution in [1.29, 1.82) is 0 Å². The Morgan fingerprint density at radius 2 is 1.32 bits per heavy atom. The molecule has 0 radical (unpaired) electrons. The monoisotopic (exact) mass is 1460 g/mol. The van der Waals surface area contributed by atoms with Gasteiger partial charge in [0.2, 0.25) is 29.3 Å². The maximum atomic E-state index is 14.3. The first-order valence-corrected chi connectivity index (χ1v) is 39.9. The van der Waals surface area contributed by atoms with Crippen LogP contribution in [0.25, 0.3) is 0 Å². The summed E-state index contributed by atoms with van der Waals surface area (Å²) in [6.45, 7) is 9.08. The fourth-order valence-corrected chi connectivity index (χ4v) is 14.9. The Balaban J connectivity index is 1.03. The van der Waals surface area contributed by atoms with Crippen molar-refractivity contribution in [2.45, 2.75) is 171 Å². The summed E-state index contributed by atoms with van der Waals surface area (Å²) in [7, 11) is -12.1. The van der Waals surface area contributed by atoms with E-state index in [1.165, 1.54) is 24.3 Å². The van der Waals surface area contributed by atoms with E-state index in [1.54, 1.807) is 12.1 Å². The molecule has 4 unspecified atom stereocenters. The van der Waals surface area contributed by atoms with E-state index in [4.69, 9.17) is 9.47 Å². The number of nitrogens with zero attached hydrogens (tertiary/aromatic N) is 2. The highest BCUT2D eigenvalue weighted by molar-refractivity contribution is 7.95. The number of para-hydroxylation sites is 2. The summed E-state index contributed by atoms with van der Waals surface area (Å²) in [5, 5.41) is 14.1. The second kappa shape index (κ2) is 36.9. The topological polar surface area (TPSA) is 316 Å². The number of allylic oxidation sites excluding steroid dienone is 7. The van der Waals surface area contributed by atoms with Crippen molar-refractivity contribution in [3.8, 4) is 5.75 Å². The second-order valence-corrected chi connectivity index (χ2v) is 31.8. The number of amides is 5. The highest BCUT2D eigenvalue weighted by Crippen LogP contribution is 2.51. The van der Waals surface area contributed by atoms with Crippen LogP contribution in [0.2, 0.25) is 0 Å². The van der Waals surface area contributed by atoms with Crippen LogP contribution in [0.4, 0.5) is 16.2 Å². The molecule has 0 bridgehead atoms. The Morgan fingerprint density at radius 3 is 2.02 bits per heavy atom. The fraction of sp³-hybridized carbons (Fsp3) is 0.416. The van der Waals surface area contributed by atoms with Crippen LogP contribution in [0.5, 0.6) is 5.75 Å². The predicted octanol–water partition coefficient (Wildman–Crippen LogP) is 11.5. The summed E-state index contributed by atoms with van der Waals surface area (Å²) >= 11 is 0. The summed E-state index contributed by atoms with van der Waals surface area (Å²) in [5.41, 5.74) is 7.28. The molecule has 3 aliphatic rings. The van der Waals surface area contributed by atoms with Crippen LogP contribution in [-0.2, 0) is 77.8 Å². The highest BCUT2D eigenvalue weighted by atomic mass is 32.2. The number of fused-ring (bicyclic) bond motifs is 2. The SMILES string of the molecule is C=S(=O)(O)CCC[N+]1=C(/C=C/C2=C(Oc3ccc(S(=O)(=O)O)cc3)C(=C/C=C3/N(CCCS(=O)(=O)O)c4ccccc4C3(C)CCCC(=O)NCNC(=O)C(CCCCNC(=O)CCCCCC)NC(=O)C(Cc3ccccc3)NC(=O)OCc3ccccc3)/CCC2)C(C)(C)c2ccccc21. The van der Waals surface area contributed by atoms with E-state index in [0.29, 0.717) is 82.4 Å². The molecule has 22 nitrogen and oxygen atoms in total. The van der Waals surface area contributed by atoms with Crippen LogP contribution in [-0.4, -0.2) is 130 Å². The average molecular weight is 1460 g/mol. The zero-order valence-corrected chi connectivity index (χ0v) is 61.2. The lowest BCUT2D eigenvalue weighted by Gasteiger charge is -2.31. The predicted molar refractivity (Wildman–Crippen MR) is 398 cm³/mol. The van der Waals surface area contributed by atoms with Gasteiger partial charge in [0.05, 0.1) is 32.5 Å². The number of nitrogens with one attached hydrogen (secondary N) is 5. The van der Waals surface area contributed by atoms with Gasteiger partial charge >= 0.3 is 6.09 Å². The van der Waals surface area contributed by atoms with E-state index in [9.17, 15) is 58.7 Å². The zero-order valence-electron chi connectivity index (χ0n) is 58.7. The van der Waals surface area contributed by atoms with Crippen molar-refractivity contribution in [3.63, 3.8) is 0 Å². The molecule has 2 heterocycles. The Morgan fingerprint density at radius 1 is 0.657 bits per heavy atom. The molecule has 4 atom stereocenters. The molecule has 0 fully saturated rings. The van der Waals surface area contributed by atoms with Crippen molar-refractivity contribution >= 4 is 82.7 Å². The number of anilines is 1. The quantitative estimate of drug-likeness (QED) is 0.00599. The molecular formula is C77H98N7O15S3+. The number of unbranched alkanes of at least 4 members (excludes halogenated alkanes) is 4. The lowest BCUT2D eigenvalue weighted by Crippen LogP contribution is -2.55. The fourth-order valence-electron chi connectivity index (χ4n) is 13.3. The van der Waals surface area contributed by atoms with E-state index in [2.05, 4.69) is 70.8 Å².